The molecule has 2 saturated heterocycles. The van der Waals surface area contributed by atoms with E-state index < -0.39 is 11.6 Å². The maximum absolute atomic E-state index is 12.6. The van der Waals surface area contributed by atoms with E-state index in [0.29, 0.717) is 31.7 Å². The van der Waals surface area contributed by atoms with Crippen LogP contribution in [0.1, 0.15) is 36.7 Å². The van der Waals surface area contributed by atoms with Gasteiger partial charge < -0.3 is 24.5 Å². The molecule has 2 aliphatic rings. The minimum atomic E-state index is -1.07. The Morgan fingerprint density at radius 3 is 2.72 bits per heavy atom. The summed E-state index contributed by atoms with van der Waals surface area (Å²) in [5.41, 5.74) is -0.0208. The van der Waals surface area contributed by atoms with Crippen LogP contribution in [-0.4, -0.2) is 87.3 Å². The summed E-state index contributed by atoms with van der Waals surface area (Å²) in [6.07, 6.45) is 2.37. The van der Waals surface area contributed by atoms with Crippen molar-refractivity contribution in [3.05, 3.63) is 29.6 Å². The normalized spacial score (nSPS) is 18.8. The molecule has 0 aliphatic carbocycles. The van der Waals surface area contributed by atoms with Crippen molar-refractivity contribution < 1.29 is 24.2 Å². The number of carboxylic acids is 1. The van der Waals surface area contributed by atoms with E-state index in [9.17, 15) is 14.4 Å². The van der Waals surface area contributed by atoms with E-state index >= 15 is 0 Å². The maximum Gasteiger partial charge on any atom is 0.410 e. The van der Waals surface area contributed by atoms with E-state index in [1.165, 1.54) is 18.5 Å². The van der Waals surface area contributed by atoms with Gasteiger partial charge in [0.05, 0.1) is 18.2 Å². The number of nitrogens with zero attached hydrogens (tertiary/aromatic N) is 4. The number of carbonyl (C=O) groups is 3. The number of carboxylic acid groups (broad SMARTS) is 1. The summed E-state index contributed by atoms with van der Waals surface area (Å²) < 4.78 is 5.42. The van der Waals surface area contributed by atoms with Crippen LogP contribution in [0.3, 0.4) is 0 Å². The first-order valence-electron chi connectivity index (χ1n) is 9.35. The fraction of sp³-hybridized carbons (Fsp3) is 0.500. The first-order valence-corrected chi connectivity index (χ1v) is 9.35. The summed E-state index contributed by atoms with van der Waals surface area (Å²) in [6, 6.07) is 1.24. The predicted molar refractivity (Wildman–Crippen MR) is 103 cm³/mol. The molecule has 2 aliphatic heterocycles. The summed E-state index contributed by atoms with van der Waals surface area (Å²) in [4.78, 5) is 44.8. The first kappa shape index (κ1) is 20.5. The number of amides is 3. The smallest absolute Gasteiger partial charge is 0.410 e. The molecule has 1 aromatic heterocycles. The molecular formula is C20H24N4O5. The van der Waals surface area contributed by atoms with Gasteiger partial charge in [0.25, 0.3) is 0 Å². The summed E-state index contributed by atoms with van der Waals surface area (Å²) in [5, 5.41) is 9.00. The average molecular weight is 400 g/mol. The van der Waals surface area contributed by atoms with Crippen LogP contribution < -0.4 is 0 Å². The number of fused-ring (bicyclic) bond motifs is 1. The van der Waals surface area contributed by atoms with E-state index in [4.69, 9.17) is 9.84 Å². The quantitative estimate of drug-likeness (QED) is 0.755. The fourth-order valence-corrected chi connectivity index (χ4v) is 3.26. The van der Waals surface area contributed by atoms with Crippen molar-refractivity contribution >= 4 is 18.1 Å². The second kappa shape index (κ2) is 7.99. The molecule has 9 nitrogen and oxygen atoms in total. The van der Waals surface area contributed by atoms with Crippen LogP contribution in [0.5, 0.6) is 0 Å². The van der Waals surface area contributed by atoms with Gasteiger partial charge in [-0.05, 0) is 26.8 Å². The fourth-order valence-electron chi connectivity index (χ4n) is 3.26. The highest BCUT2D eigenvalue weighted by molar-refractivity contribution is 5.87. The molecule has 1 atom stereocenters. The number of urea groups is 1. The molecule has 0 spiro atoms. The van der Waals surface area contributed by atoms with E-state index in [2.05, 4.69) is 16.8 Å². The molecule has 29 heavy (non-hydrogen) atoms. The summed E-state index contributed by atoms with van der Waals surface area (Å²) in [6.45, 7) is 7.47. The third-order valence-electron chi connectivity index (χ3n) is 4.57. The van der Waals surface area contributed by atoms with Gasteiger partial charge in [0.2, 0.25) is 0 Å². The van der Waals surface area contributed by atoms with Crippen LogP contribution in [0.4, 0.5) is 9.59 Å². The summed E-state index contributed by atoms with van der Waals surface area (Å²) in [7, 11) is 0. The largest absolute Gasteiger partial charge is 0.478 e. The van der Waals surface area contributed by atoms with Crippen LogP contribution in [0.25, 0.3) is 0 Å². The summed E-state index contributed by atoms with van der Waals surface area (Å²) in [5.74, 6) is 4.69. The molecule has 3 amide bonds. The minimum Gasteiger partial charge on any atom is -0.478 e. The number of ether oxygens (including phenoxy) is 1. The SMILES string of the molecule is CC(C)(C)OC(=O)N1CCN2C(=O)N(CC#Cc3cncc(C(=O)O)c3)C[C@@H]2C1. The number of hydrogen-bond donors (Lipinski definition) is 1. The Bertz CT molecular complexity index is 883. The van der Waals surface area contributed by atoms with Crippen LogP contribution >= 0.6 is 0 Å². The van der Waals surface area contributed by atoms with Gasteiger partial charge in [0.1, 0.15) is 5.60 Å². The monoisotopic (exact) mass is 400 g/mol. The van der Waals surface area contributed by atoms with Gasteiger partial charge in [-0.2, -0.15) is 0 Å². The van der Waals surface area contributed by atoms with Crippen molar-refractivity contribution in [1.82, 2.24) is 19.7 Å². The van der Waals surface area contributed by atoms with E-state index in [1.54, 1.807) is 14.7 Å². The van der Waals surface area contributed by atoms with E-state index in [-0.39, 0.29) is 30.3 Å². The molecule has 0 radical (unpaired) electrons. The number of aromatic carboxylic acids is 1. The molecule has 1 N–H and O–H groups in total. The number of carbonyl (C=O) groups excluding carboxylic acids is 2. The van der Waals surface area contributed by atoms with Crippen molar-refractivity contribution in [3.8, 4) is 11.8 Å². The highest BCUT2D eigenvalue weighted by Crippen LogP contribution is 2.21. The first-order chi connectivity index (χ1) is 13.6. The van der Waals surface area contributed by atoms with Crippen molar-refractivity contribution in [1.29, 1.82) is 0 Å². The van der Waals surface area contributed by atoms with Gasteiger partial charge >= 0.3 is 18.1 Å². The van der Waals surface area contributed by atoms with Crippen LogP contribution in [0.2, 0.25) is 0 Å². The van der Waals surface area contributed by atoms with E-state index in [1.807, 2.05) is 20.8 Å². The van der Waals surface area contributed by atoms with Gasteiger partial charge in [0, 0.05) is 44.1 Å². The Morgan fingerprint density at radius 1 is 1.28 bits per heavy atom. The zero-order valence-electron chi connectivity index (χ0n) is 16.7. The van der Waals surface area contributed by atoms with Crippen molar-refractivity contribution in [3.63, 3.8) is 0 Å². The second-order valence-electron chi connectivity index (χ2n) is 8.01. The van der Waals surface area contributed by atoms with Gasteiger partial charge in [-0.1, -0.05) is 11.8 Å². The molecule has 0 saturated carbocycles. The molecule has 0 bridgehead atoms. The van der Waals surface area contributed by atoms with E-state index in [0.717, 1.165) is 0 Å². The van der Waals surface area contributed by atoms with Crippen LogP contribution in [-0.2, 0) is 4.74 Å². The number of aromatic nitrogens is 1. The Balaban J connectivity index is 1.59. The van der Waals surface area contributed by atoms with Crippen LogP contribution in [0, 0.1) is 11.8 Å². The molecule has 0 unspecified atom stereocenters. The lowest BCUT2D eigenvalue weighted by Gasteiger charge is -2.37. The Labute approximate surface area is 169 Å². The number of hydrogen-bond acceptors (Lipinski definition) is 5. The zero-order valence-corrected chi connectivity index (χ0v) is 16.7. The van der Waals surface area contributed by atoms with Crippen LogP contribution in [0.15, 0.2) is 18.5 Å². The highest BCUT2D eigenvalue weighted by atomic mass is 16.6. The Kier molecular flexibility index (Phi) is 5.64. The minimum absolute atomic E-state index is 0.0633. The molecule has 1 aromatic rings. The molecule has 2 fully saturated rings. The molecule has 3 rings (SSSR count). The predicted octanol–water partition coefficient (Wildman–Crippen LogP) is 1.49. The number of piperazine rings is 1. The van der Waals surface area contributed by atoms with Crippen molar-refractivity contribution in [2.75, 3.05) is 32.7 Å². The molecule has 0 aromatic carbocycles. The standard InChI is InChI=1S/C20H24N4O5/c1-20(2,3)29-19(28)23-7-8-24-16(13-23)12-22(18(24)27)6-4-5-14-9-15(17(25)26)11-21-10-14/h9-11,16H,6-8,12-13H2,1-3H3,(H,25,26)/t16-/m1/s1. The lowest BCUT2D eigenvalue weighted by molar-refractivity contribution is 0.0127. The molecular weight excluding hydrogens is 376 g/mol. The molecule has 9 heteroatoms. The third-order valence-corrected chi connectivity index (χ3v) is 4.57. The van der Waals surface area contributed by atoms with Gasteiger partial charge in [-0.3, -0.25) is 4.98 Å². The summed E-state index contributed by atoms with van der Waals surface area (Å²) >= 11 is 0. The van der Waals surface area contributed by atoms with Crippen molar-refractivity contribution in [2.45, 2.75) is 32.4 Å². The lowest BCUT2D eigenvalue weighted by Crippen LogP contribution is -2.54. The Hall–Kier alpha value is -3.28. The Morgan fingerprint density at radius 2 is 2.03 bits per heavy atom. The van der Waals surface area contributed by atoms with Crippen molar-refractivity contribution in [2.24, 2.45) is 0 Å². The topological polar surface area (TPSA) is 103 Å². The second-order valence-corrected chi connectivity index (χ2v) is 8.01. The molecule has 154 valence electrons. The van der Waals surface area contributed by atoms with Gasteiger partial charge in [-0.15, -0.1) is 0 Å². The average Bonchev–Trinajstić information content (AvgIpc) is 2.96. The zero-order chi connectivity index (χ0) is 21.2. The highest BCUT2D eigenvalue weighted by Gasteiger charge is 2.42. The maximum atomic E-state index is 12.6. The lowest BCUT2D eigenvalue weighted by atomic mass is 10.2. The molecule has 3 heterocycles. The third kappa shape index (κ3) is 4.96. The van der Waals surface area contributed by atoms with Gasteiger partial charge in [-0.25, -0.2) is 14.4 Å². The van der Waals surface area contributed by atoms with Gasteiger partial charge in [0.15, 0.2) is 0 Å². The number of pyridine rings is 1. The number of rotatable bonds is 2.